The molecule has 0 spiro atoms. The summed E-state index contributed by atoms with van der Waals surface area (Å²) in [5.74, 6) is 0.511. The number of nitrogens with zero attached hydrogens (tertiary/aromatic N) is 2. The summed E-state index contributed by atoms with van der Waals surface area (Å²) >= 11 is 11.9. The maximum absolute atomic E-state index is 10.1. The molecule has 22 heavy (non-hydrogen) atoms. The van der Waals surface area contributed by atoms with E-state index in [4.69, 9.17) is 27.9 Å². The van der Waals surface area contributed by atoms with Gasteiger partial charge in [-0.3, -0.25) is 9.80 Å². The summed E-state index contributed by atoms with van der Waals surface area (Å²) in [6, 6.07) is 5.11. The van der Waals surface area contributed by atoms with Gasteiger partial charge in [-0.2, -0.15) is 0 Å². The van der Waals surface area contributed by atoms with Crippen LogP contribution in [0.25, 0.3) is 0 Å². The van der Waals surface area contributed by atoms with Gasteiger partial charge in [0.05, 0.1) is 11.6 Å². The fraction of sp³-hybridized carbons (Fsp3) is 0.600. The van der Waals surface area contributed by atoms with Gasteiger partial charge in [-0.25, -0.2) is 0 Å². The van der Waals surface area contributed by atoms with Gasteiger partial charge in [0.15, 0.2) is 0 Å². The molecule has 0 radical (unpaired) electrons. The molecule has 7 heteroatoms. The zero-order valence-corrected chi connectivity index (χ0v) is 14.1. The minimum atomic E-state index is -0.616. The molecule has 0 saturated carbocycles. The summed E-state index contributed by atoms with van der Waals surface area (Å²) in [4.78, 5) is 4.27. The summed E-state index contributed by atoms with van der Waals surface area (Å²) in [6.45, 7) is 3.28. The summed E-state index contributed by atoms with van der Waals surface area (Å²) in [5, 5.41) is 20.4. The van der Waals surface area contributed by atoms with E-state index in [9.17, 15) is 10.2 Å². The van der Waals surface area contributed by atoms with E-state index in [0.717, 1.165) is 19.6 Å². The van der Waals surface area contributed by atoms with Gasteiger partial charge in [-0.1, -0.05) is 23.2 Å². The maximum Gasteiger partial charge on any atom is 0.138 e. The van der Waals surface area contributed by atoms with Crippen molar-refractivity contribution in [3.05, 3.63) is 28.2 Å². The first-order valence-electron chi connectivity index (χ1n) is 7.29. The first-order valence-corrected chi connectivity index (χ1v) is 8.04. The number of β-amino-alcohol motifs (C(OH)–C–C–N with tert-alkyl or cyclic N) is 1. The molecule has 0 unspecified atom stereocenters. The third-order valence-corrected chi connectivity index (χ3v) is 4.40. The summed E-state index contributed by atoms with van der Waals surface area (Å²) in [7, 11) is 2.00. The highest BCUT2D eigenvalue weighted by Gasteiger charge is 2.25. The Bertz CT molecular complexity index is 490. The Balaban J connectivity index is 1.79. The smallest absolute Gasteiger partial charge is 0.138 e. The van der Waals surface area contributed by atoms with Crippen LogP contribution < -0.4 is 4.74 Å². The van der Waals surface area contributed by atoms with Crippen molar-refractivity contribution in [1.29, 1.82) is 0 Å². The van der Waals surface area contributed by atoms with Crippen LogP contribution in [0.1, 0.15) is 0 Å². The van der Waals surface area contributed by atoms with E-state index in [1.165, 1.54) is 0 Å². The van der Waals surface area contributed by atoms with Crippen molar-refractivity contribution >= 4 is 23.2 Å². The normalized spacial score (nSPS) is 21.8. The van der Waals surface area contributed by atoms with E-state index >= 15 is 0 Å². The lowest BCUT2D eigenvalue weighted by Crippen LogP contribution is -2.54. The predicted octanol–water partition coefficient (Wildman–Crippen LogP) is 1.34. The Labute approximate surface area is 141 Å². The van der Waals surface area contributed by atoms with Gasteiger partial charge < -0.3 is 14.9 Å². The molecule has 1 aromatic rings. The van der Waals surface area contributed by atoms with Crippen LogP contribution >= 0.6 is 23.2 Å². The molecule has 0 aromatic heterocycles. The van der Waals surface area contributed by atoms with Crippen LogP contribution in [-0.4, -0.2) is 78.6 Å². The number of piperazine rings is 1. The highest BCUT2D eigenvalue weighted by molar-refractivity contribution is 6.35. The first kappa shape index (κ1) is 17.8. The van der Waals surface area contributed by atoms with E-state index in [2.05, 4.69) is 9.80 Å². The lowest BCUT2D eigenvalue weighted by Gasteiger charge is -2.39. The van der Waals surface area contributed by atoms with Crippen LogP contribution in [0.4, 0.5) is 0 Å². The molecule has 124 valence electrons. The monoisotopic (exact) mass is 348 g/mol. The number of hydrogen-bond donors (Lipinski definition) is 2. The first-order chi connectivity index (χ1) is 10.5. The van der Waals surface area contributed by atoms with Crippen LogP contribution in [0.2, 0.25) is 10.0 Å². The summed E-state index contributed by atoms with van der Waals surface area (Å²) < 4.78 is 5.54. The van der Waals surface area contributed by atoms with Crippen molar-refractivity contribution in [3.63, 3.8) is 0 Å². The molecule has 1 aliphatic heterocycles. The number of halogens is 2. The molecule has 0 bridgehead atoms. The quantitative estimate of drug-likeness (QED) is 0.812. The molecular weight excluding hydrogens is 327 g/mol. The van der Waals surface area contributed by atoms with Crippen LogP contribution in [0.15, 0.2) is 18.2 Å². The number of aliphatic hydroxyl groups excluding tert-OH is 2. The van der Waals surface area contributed by atoms with Crippen LogP contribution in [0, 0.1) is 0 Å². The van der Waals surface area contributed by atoms with Crippen molar-refractivity contribution in [2.24, 2.45) is 0 Å². The molecule has 0 aliphatic carbocycles. The minimum absolute atomic E-state index is 0.118. The molecule has 1 aliphatic rings. The van der Waals surface area contributed by atoms with Crippen molar-refractivity contribution in [2.75, 3.05) is 46.4 Å². The Morgan fingerprint density at radius 1 is 1.36 bits per heavy atom. The maximum atomic E-state index is 10.1. The van der Waals surface area contributed by atoms with Gasteiger partial charge in [0.2, 0.25) is 0 Å². The second-order valence-electron chi connectivity index (χ2n) is 5.62. The van der Waals surface area contributed by atoms with Crippen LogP contribution in [0.5, 0.6) is 5.75 Å². The Morgan fingerprint density at radius 3 is 2.82 bits per heavy atom. The topological polar surface area (TPSA) is 56.2 Å². The van der Waals surface area contributed by atoms with E-state index in [1.807, 2.05) is 7.05 Å². The minimum Gasteiger partial charge on any atom is -0.489 e. The molecular formula is C15H22Cl2N2O3. The molecule has 1 heterocycles. The molecule has 1 fully saturated rings. The lowest BCUT2D eigenvalue weighted by atomic mass is 10.2. The third-order valence-electron chi connectivity index (χ3n) is 3.87. The van der Waals surface area contributed by atoms with Gasteiger partial charge in [-0.05, 0) is 25.2 Å². The Kier molecular flexibility index (Phi) is 6.74. The number of rotatable bonds is 6. The van der Waals surface area contributed by atoms with E-state index in [-0.39, 0.29) is 19.3 Å². The summed E-state index contributed by atoms with van der Waals surface area (Å²) in [6.07, 6.45) is -0.616. The highest BCUT2D eigenvalue weighted by Crippen LogP contribution is 2.27. The second kappa shape index (κ2) is 8.34. The van der Waals surface area contributed by atoms with Gasteiger partial charge in [0.25, 0.3) is 0 Å². The van der Waals surface area contributed by atoms with Gasteiger partial charge >= 0.3 is 0 Å². The number of aliphatic hydroxyl groups is 2. The van der Waals surface area contributed by atoms with E-state index in [1.54, 1.807) is 18.2 Å². The average molecular weight is 349 g/mol. The molecule has 0 amide bonds. The molecule has 2 rings (SSSR count). The zero-order valence-electron chi connectivity index (χ0n) is 12.6. The number of hydrogen-bond acceptors (Lipinski definition) is 5. The van der Waals surface area contributed by atoms with Crippen molar-refractivity contribution in [1.82, 2.24) is 9.80 Å². The average Bonchev–Trinajstić information content (AvgIpc) is 2.48. The van der Waals surface area contributed by atoms with Gasteiger partial charge in [0, 0.05) is 37.2 Å². The fourth-order valence-electron chi connectivity index (χ4n) is 2.50. The fourth-order valence-corrected chi connectivity index (χ4v) is 2.97. The Morgan fingerprint density at radius 2 is 2.14 bits per heavy atom. The number of benzene rings is 1. The molecule has 2 atom stereocenters. The zero-order chi connectivity index (χ0) is 16.1. The number of likely N-dealkylation sites (N-methyl/N-ethyl adjacent to an activating group) is 1. The van der Waals surface area contributed by atoms with Gasteiger partial charge in [0.1, 0.15) is 18.5 Å². The standard InChI is InChI=1S/C15H22Cl2N2O3/c1-18-4-5-19(7-12(18)9-20)8-13(21)10-22-15-3-2-11(16)6-14(15)17/h2-3,6,12-13,20-21H,4-5,7-10H2,1H3/t12-,13+/m0/s1. The van der Waals surface area contributed by atoms with Gasteiger partial charge in [-0.15, -0.1) is 0 Å². The summed E-state index contributed by atoms with van der Waals surface area (Å²) in [5.41, 5.74) is 0. The molecule has 2 N–H and O–H groups in total. The lowest BCUT2D eigenvalue weighted by molar-refractivity contribution is 0.0175. The third kappa shape index (κ3) is 4.98. The van der Waals surface area contributed by atoms with E-state index < -0.39 is 6.10 Å². The molecule has 1 saturated heterocycles. The molecule has 5 nitrogen and oxygen atoms in total. The van der Waals surface area contributed by atoms with Crippen LogP contribution in [0.3, 0.4) is 0 Å². The van der Waals surface area contributed by atoms with Crippen molar-refractivity contribution in [3.8, 4) is 5.75 Å². The second-order valence-corrected chi connectivity index (χ2v) is 6.46. The van der Waals surface area contributed by atoms with Crippen LogP contribution in [-0.2, 0) is 0 Å². The highest BCUT2D eigenvalue weighted by atomic mass is 35.5. The Hall–Kier alpha value is -0.560. The van der Waals surface area contributed by atoms with Crippen molar-refractivity contribution < 1.29 is 14.9 Å². The number of ether oxygens (including phenoxy) is 1. The predicted molar refractivity (Wildman–Crippen MR) is 87.9 cm³/mol. The van der Waals surface area contributed by atoms with E-state index in [0.29, 0.717) is 22.3 Å². The SMILES string of the molecule is CN1CCN(C[C@@H](O)COc2ccc(Cl)cc2Cl)C[C@H]1CO. The van der Waals surface area contributed by atoms with Crippen molar-refractivity contribution in [2.45, 2.75) is 12.1 Å². The largest absolute Gasteiger partial charge is 0.489 e. The molecule has 1 aromatic carbocycles.